The number of hydrogen-bond donors (Lipinski definition) is 1. The van der Waals surface area contributed by atoms with Crippen molar-refractivity contribution in [1.82, 2.24) is 4.90 Å². The topological polar surface area (TPSA) is 49.6 Å². The first-order chi connectivity index (χ1) is 9.37. The highest BCUT2D eigenvalue weighted by molar-refractivity contribution is 5.90. The van der Waals surface area contributed by atoms with Gasteiger partial charge in [-0.25, -0.2) is 0 Å². The molecule has 2 rings (SSSR count). The van der Waals surface area contributed by atoms with Crippen LogP contribution in [0.2, 0.25) is 0 Å². The van der Waals surface area contributed by atoms with Gasteiger partial charge in [0.25, 0.3) is 0 Å². The largest absolute Gasteiger partial charge is 0.356 e. The monoisotopic (exact) mass is 275 g/mol. The Morgan fingerprint density at radius 2 is 1.85 bits per heavy atom. The standard InChI is InChI=1S/C16H25N3O/c1-5-14(17)12-6-8-13(9-7-12)19-11-10-18(4)15(20)16(19,2)3/h6-9,14H,5,10-11,17H2,1-4H3/t14-/m0/s1. The predicted octanol–water partition coefficient (Wildman–Crippen LogP) is 2.15. The van der Waals surface area contributed by atoms with E-state index in [-0.39, 0.29) is 11.9 Å². The molecule has 1 aliphatic heterocycles. The molecule has 0 aliphatic carbocycles. The van der Waals surface area contributed by atoms with Crippen molar-refractivity contribution in [1.29, 1.82) is 0 Å². The molecule has 0 aromatic heterocycles. The van der Waals surface area contributed by atoms with Crippen LogP contribution in [-0.4, -0.2) is 36.5 Å². The average Bonchev–Trinajstić information content (AvgIpc) is 2.44. The normalized spacial score (nSPS) is 20.1. The van der Waals surface area contributed by atoms with Gasteiger partial charge in [-0.15, -0.1) is 0 Å². The average molecular weight is 275 g/mol. The number of benzene rings is 1. The van der Waals surface area contributed by atoms with Gasteiger partial charge in [0, 0.05) is 31.9 Å². The van der Waals surface area contributed by atoms with Crippen molar-refractivity contribution < 1.29 is 4.79 Å². The first-order valence-corrected chi connectivity index (χ1v) is 7.26. The lowest BCUT2D eigenvalue weighted by Gasteiger charge is -2.46. The molecule has 1 aromatic carbocycles. The van der Waals surface area contributed by atoms with Crippen LogP contribution >= 0.6 is 0 Å². The first-order valence-electron chi connectivity index (χ1n) is 7.26. The Bertz CT molecular complexity index is 481. The second kappa shape index (κ2) is 5.44. The summed E-state index contributed by atoms with van der Waals surface area (Å²) in [5, 5.41) is 0. The summed E-state index contributed by atoms with van der Waals surface area (Å²) in [6.07, 6.45) is 0.928. The fraction of sp³-hybridized carbons (Fsp3) is 0.562. The summed E-state index contributed by atoms with van der Waals surface area (Å²) >= 11 is 0. The molecular formula is C16H25N3O. The minimum atomic E-state index is -0.499. The van der Waals surface area contributed by atoms with Crippen molar-refractivity contribution in [2.45, 2.75) is 38.8 Å². The Hall–Kier alpha value is -1.55. The van der Waals surface area contributed by atoms with E-state index < -0.39 is 5.54 Å². The third kappa shape index (κ3) is 2.52. The van der Waals surface area contributed by atoms with Crippen LogP contribution in [0, 0.1) is 0 Å². The Labute approximate surface area is 121 Å². The highest BCUT2D eigenvalue weighted by Crippen LogP contribution is 2.29. The molecule has 2 N–H and O–H groups in total. The Balaban J connectivity index is 2.25. The minimum Gasteiger partial charge on any atom is -0.356 e. The predicted molar refractivity (Wildman–Crippen MR) is 82.7 cm³/mol. The molecule has 1 heterocycles. The molecule has 4 heteroatoms. The molecule has 1 atom stereocenters. The SMILES string of the molecule is CC[C@H](N)c1ccc(N2CCN(C)C(=O)C2(C)C)cc1. The van der Waals surface area contributed by atoms with Gasteiger partial charge in [-0.2, -0.15) is 0 Å². The smallest absolute Gasteiger partial charge is 0.247 e. The van der Waals surface area contributed by atoms with E-state index in [4.69, 9.17) is 5.73 Å². The number of rotatable bonds is 3. The number of likely N-dealkylation sites (N-methyl/N-ethyl adjacent to an activating group) is 1. The van der Waals surface area contributed by atoms with Gasteiger partial charge < -0.3 is 15.5 Å². The van der Waals surface area contributed by atoms with E-state index in [2.05, 4.69) is 36.1 Å². The van der Waals surface area contributed by atoms with Crippen LogP contribution in [0.4, 0.5) is 5.69 Å². The first kappa shape index (κ1) is 14.9. The second-order valence-corrected chi connectivity index (χ2v) is 6.04. The van der Waals surface area contributed by atoms with Crippen molar-refractivity contribution >= 4 is 11.6 Å². The lowest BCUT2D eigenvalue weighted by molar-refractivity contribution is -0.136. The van der Waals surface area contributed by atoms with Gasteiger partial charge in [0.1, 0.15) is 5.54 Å². The Morgan fingerprint density at radius 3 is 2.40 bits per heavy atom. The molecule has 1 fully saturated rings. The number of anilines is 1. The molecule has 0 unspecified atom stereocenters. The molecule has 1 saturated heterocycles. The number of piperazine rings is 1. The van der Waals surface area contributed by atoms with Crippen LogP contribution in [0.25, 0.3) is 0 Å². The van der Waals surface area contributed by atoms with Crippen LogP contribution in [0.1, 0.15) is 38.8 Å². The summed E-state index contributed by atoms with van der Waals surface area (Å²) in [5.74, 6) is 0.165. The van der Waals surface area contributed by atoms with E-state index in [0.29, 0.717) is 0 Å². The second-order valence-electron chi connectivity index (χ2n) is 6.04. The molecule has 110 valence electrons. The molecule has 1 aliphatic rings. The van der Waals surface area contributed by atoms with Crippen molar-refractivity contribution in [2.75, 3.05) is 25.0 Å². The molecule has 1 amide bonds. The van der Waals surface area contributed by atoms with Crippen molar-refractivity contribution in [3.63, 3.8) is 0 Å². The van der Waals surface area contributed by atoms with Gasteiger partial charge in [-0.05, 0) is 38.0 Å². The number of hydrogen-bond acceptors (Lipinski definition) is 3. The summed E-state index contributed by atoms with van der Waals surface area (Å²) in [6, 6.07) is 8.38. The fourth-order valence-corrected chi connectivity index (χ4v) is 2.80. The van der Waals surface area contributed by atoms with Gasteiger partial charge in [-0.1, -0.05) is 19.1 Å². The summed E-state index contributed by atoms with van der Waals surface area (Å²) < 4.78 is 0. The third-order valence-electron chi connectivity index (χ3n) is 4.28. The van der Waals surface area contributed by atoms with Crippen LogP contribution in [0.5, 0.6) is 0 Å². The van der Waals surface area contributed by atoms with E-state index in [1.165, 1.54) is 0 Å². The zero-order valence-corrected chi connectivity index (χ0v) is 12.9. The molecule has 4 nitrogen and oxygen atoms in total. The number of nitrogens with zero attached hydrogens (tertiary/aromatic N) is 2. The molecular weight excluding hydrogens is 250 g/mol. The highest BCUT2D eigenvalue weighted by atomic mass is 16.2. The number of amides is 1. The summed E-state index contributed by atoms with van der Waals surface area (Å²) in [5.41, 5.74) is 7.78. The molecule has 20 heavy (non-hydrogen) atoms. The van der Waals surface area contributed by atoms with Crippen molar-refractivity contribution in [2.24, 2.45) is 5.73 Å². The maximum Gasteiger partial charge on any atom is 0.247 e. The van der Waals surface area contributed by atoms with Crippen molar-refractivity contribution in [3.8, 4) is 0 Å². The molecule has 0 bridgehead atoms. The van der Waals surface area contributed by atoms with Crippen molar-refractivity contribution in [3.05, 3.63) is 29.8 Å². The lowest BCUT2D eigenvalue weighted by atomic mass is 9.96. The lowest BCUT2D eigenvalue weighted by Crippen LogP contribution is -2.62. The summed E-state index contributed by atoms with van der Waals surface area (Å²) in [6.45, 7) is 7.67. The van der Waals surface area contributed by atoms with Crippen LogP contribution in [0.3, 0.4) is 0 Å². The summed E-state index contributed by atoms with van der Waals surface area (Å²) in [7, 11) is 1.87. The quantitative estimate of drug-likeness (QED) is 0.919. The third-order valence-corrected chi connectivity index (χ3v) is 4.28. The zero-order valence-electron chi connectivity index (χ0n) is 12.9. The minimum absolute atomic E-state index is 0.0891. The van der Waals surface area contributed by atoms with Gasteiger partial charge >= 0.3 is 0 Å². The maximum absolute atomic E-state index is 12.3. The highest BCUT2D eigenvalue weighted by Gasteiger charge is 2.40. The number of nitrogens with two attached hydrogens (primary N) is 1. The van der Waals surface area contributed by atoms with E-state index in [9.17, 15) is 4.79 Å². The van der Waals surface area contributed by atoms with E-state index in [0.717, 1.165) is 30.8 Å². The van der Waals surface area contributed by atoms with Gasteiger partial charge in [0.05, 0.1) is 0 Å². The fourth-order valence-electron chi connectivity index (χ4n) is 2.80. The number of carbonyl (C=O) groups is 1. The molecule has 0 saturated carbocycles. The van der Waals surface area contributed by atoms with Crippen LogP contribution in [0.15, 0.2) is 24.3 Å². The van der Waals surface area contributed by atoms with E-state index in [1.807, 2.05) is 20.9 Å². The van der Waals surface area contributed by atoms with Gasteiger partial charge in [0.2, 0.25) is 5.91 Å². The Morgan fingerprint density at radius 1 is 1.25 bits per heavy atom. The van der Waals surface area contributed by atoms with Gasteiger partial charge in [0.15, 0.2) is 0 Å². The molecule has 0 spiro atoms. The molecule has 0 radical (unpaired) electrons. The van der Waals surface area contributed by atoms with E-state index in [1.54, 1.807) is 4.90 Å². The van der Waals surface area contributed by atoms with Crippen LogP contribution in [-0.2, 0) is 4.79 Å². The molecule has 1 aromatic rings. The maximum atomic E-state index is 12.3. The Kier molecular flexibility index (Phi) is 4.04. The zero-order chi connectivity index (χ0) is 14.9. The van der Waals surface area contributed by atoms with Crippen LogP contribution < -0.4 is 10.6 Å². The number of carbonyl (C=O) groups excluding carboxylic acids is 1. The van der Waals surface area contributed by atoms with Gasteiger partial charge in [-0.3, -0.25) is 4.79 Å². The summed E-state index contributed by atoms with van der Waals surface area (Å²) in [4.78, 5) is 16.3. The van der Waals surface area contributed by atoms with E-state index >= 15 is 0 Å².